The van der Waals surface area contributed by atoms with E-state index in [9.17, 15) is 0 Å². The molecule has 0 nitrogen and oxygen atoms in total. The van der Waals surface area contributed by atoms with Gasteiger partial charge >= 0.3 is 0 Å². The van der Waals surface area contributed by atoms with Gasteiger partial charge in [-0.1, -0.05) is 74.3 Å². The highest BCUT2D eigenvalue weighted by Gasteiger charge is 2.14. The van der Waals surface area contributed by atoms with Gasteiger partial charge < -0.3 is 0 Å². The third kappa shape index (κ3) is 3.24. The first-order valence-electron chi connectivity index (χ1n) is 6.07. The quantitative estimate of drug-likeness (QED) is 0.627. The van der Waals surface area contributed by atoms with Gasteiger partial charge in [0.05, 0.1) is 0 Å². The second-order valence-electron chi connectivity index (χ2n) is 4.50. The van der Waals surface area contributed by atoms with Crippen LogP contribution in [0.5, 0.6) is 0 Å². The Hall–Kier alpha value is -0.600. The Balaban J connectivity index is 2.26. The summed E-state index contributed by atoms with van der Waals surface area (Å²) in [5.74, 6) is 0.518. The van der Waals surface area contributed by atoms with E-state index in [4.69, 9.17) is 0 Å². The fourth-order valence-corrected chi connectivity index (χ4v) is 3.25. The van der Waals surface area contributed by atoms with Gasteiger partial charge in [-0.25, -0.2) is 0 Å². The monoisotopic (exact) mass is 366 g/mol. The molecule has 0 aromatic heterocycles. The van der Waals surface area contributed by atoms with E-state index in [0.29, 0.717) is 5.92 Å². The number of hydrogen-bond acceptors (Lipinski definition) is 0. The first kappa shape index (κ1) is 13.8. The fraction of sp³-hybridized carbons (Fsp3) is 0.250. The SMILES string of the molecule is Cc1ccccc1C(CBr)Cc1ccccc1Br. The van der Waals surface area contributed by atoms with E-state index in [2.05, 4.69) is 87.3 Å². The van der Waals surface area contributed by atoms with Gasteiger partial charge in [0.15, 0.2) is 0 Å². The molecule has 0 saturated heterocycles. The molecule has 94 valence electrons. The highest BCUT2D eigenvalue weighted by molar-refractivity contribution is 9.10. The van der Waals surface area contributed by atoms with Crippen LogP contribution in [0, 0.1) is 6.92 Å². The van der Waals surface area contributed by atoms with Crippen molar-refractivity contribution in [3.05, 3.63) is 69.7 Å². The molecule has 2 heteroatoms. The first-order valence-corrected chi connectivity index (χ1v) is 7.98. The van der Waals surface area contributed by atoms with E-state index in [1.54, 1.807) is 0 Å². The van der Waals surface area contributed by atoms with E-state index in [0.717, 1.165) is 11.8 Å². The third-order valence-electron chi connectivity index (χ3n) is 3.24. The molecule has 0 spiro atoms. The molecule has 0 heterocycles. The molecule has 2 aromatic rings. The minimum absolute atomic E-state index is 0.518. The first-order chi connectivity index (χ1) is 8.72. The number of benzene rings is 2. The maximum atomic E-state index is 3.65. The van der Waals surface area contributed by atoms with Crippen molar-refractivity contribution in [3.63, 3.8) is 0 Å². The van der Waals surface area contributed by atoms with Crippen LogP contribution in [0.15, 0.2) is 53.0 Å². The maximum absolute atomic E-state index is 3.65. The molecule has 0 N–H and O–H groups in total. The van der Waals surface area contributed by atoms with E-state index in [1.807, 2.05) is 0 Å². The molecule has 2 aromatic carbocycles. The lowest BCUT2D eigenvalue weighted by atomic mass is 9.91. The zero-order valence-corrected chi connectivity index (χ0v) is 13.5. The molecule has 0 fully saturated rings. The molecular weight excluding hydrogens is 352 g/mol. The normalized spacial score (nSPS) is 12.4. The molecule has 0 aliphatic heterocycles. The summed E-state index contributed by atoms with van der Waals surface area (Å²) in [6.45, 7) is 2.19. The molecule has 2 rings (SSSR count). The summed E-state index contributed by atoms with van der Waals surface area (Å²) in [4.78, 5) is 0. The average Bonchev–Trinajstić information content (AvgIpc) is 2.39. The molecule has 0 aliphatic carbocycles. The molecule has 0 saturated carbocycles. The molecule has 0 aliphatic rings. The summed E-state index contributed by atoms with van der Waals surface area (Å²) in [5.41, 5.74) is 4.17. The van der Waals surface area contributed by atoms with Crippen LogP contribution in [0.2, 0.25) is 0 Å². The number of rotatable bonds is 4. The van der Waals surface area contributed by atoms with Crippen LogP contribution >= 0.6 is 31.9 Å². The lowest BCUT2D eigenvalue weighted by Gasteiger charge is -2.17. The number of aryl methyl sites for hydroxylation is 1. The molecule has 0 amide bonds. The summed E-state index contributed by atoms with van der Waals surface area (Å²) in [5, 5.41) is 0.985. The number of halogens is 2. The van der Waals surface area contributed by atoms with Crippen molar-refractivity contribution in [3.8, 4) is 0 Å². The predicted molar refractivity (Wildman–Crippen MR) is 85.6 cm³/mol. The molecule has 18 heavy (non-hydrogen) atoms. The summed E-state index contributed by atoms with van der Waals surface area (Å²) in [6.07, 6.45) is 1.05. The summed E-state index contributed by atoms with van der Waals surface area (Å²) >= 11 is 7.28. The summed E-state index contributed by atoms with van der Waals surface area (Å²) in [6, 6.07) is 17.1. The van der Waals surface area contributed by atoms with Crippen LogP contribution in [0.1, 0.15) is 22.6 Å². The van der Waals surface area contributed by atoms with E-state index in [1.165, 1.54) is 21.2 Å². The van der Waals surface area contributed by atoms with Gasteiger partial charge in [0.2, 0.25) is 0 Å². The maximum Gasteiger partial charge on any atom is 0.0207 e. The van der Waals surface area contributed by atoms with Gasteiger partial charge in [-0.15, -0.1) is 0 Å². The highest BCUT2D eigenvalue weighted by atomic mass is 79.9. The van der Waals surface area contributed by atoms with Gasteiger partial charge in [-0.05, 0) is 42.0 Å². The number of hydrogen-bond donors (Lipinski definition) is 0. The van der Waals surface area contributed by atoms with Crippen molar-refractivity contribution >= 4 is 31.9 Å². The minimum Gasteiger partial charge on any atom is -0.0921 e. The van der Waals surface area contributed by atoms with E-state index >= 15 is 0 Å². The molecule has 0 bridgehead atoms. The van der Waals surface area contributed by atoms with Gasteiger partial charge in [0, 0.05) is 9.80 Å². The number of alkyl halides is 1. The Kier molecular flexibility index (Phi) is 5.02. The second kappa shape index (κ2) is 6.53. The lowest BCUT2D eigenvalue weighted by molar-refractivity contribution is 0.767. The Bertz CT molecular complexity index is 520. The smallest absolute Gasteiger partial charge is 0.0207 e. The third-order valence-corrected chi connectivity index (χ3v) is 4.79. The average molecular weight is 368 g/mol. The van der Waals surface area contributed by atoms with E-state index < -0.39 is 0 Å². The van der Waals surface area contributed by atoms with Crippen LogP contribution in [-0.4, -0.2) is 5.33 Å². The van der Waals surface area contributed by atoms with Crippen molar-refractivity contribution < 1.29 is 0 Å². The molecule has 1 atom stereocenters. The highest BCUT2D eigenvalue weighted by Crippen LogP contribution is 2.28. The predicted octanol–water partition coefficient (Wildman–Crippen LogP) is 5.48. The van der Waals surface area contributed by atoms with Gasteiger partial charge in [-0.3, -0.25) is 0 Å². The Morgan fingerprint density at radius 1 is 1.00 bits per heavy atom. The summed E-state index contributed by atoms with van der Waals surface area (Å²) in [7, 11) is 0. The molecule has 1 unspecified atom stereocenters. The van der Waals surface area contributed by atoms with Gasteiger partial charge in [0.1, 0.15) is 0 Å². The van der Waals surface area contributed by atoms with Crippen molar-refractivity contribution in [1.29, 1.82) is 0 Å². The molecular formula is C16H16Br2. The van der Waals surface area contributed by atoms with Crippen LogP contribution in [0.25, 0.3) is 0 Å². The van der Waals surface area contributed by atoms with Gasteiger partial charge in [-0.2, -0.15) is 0 Å². The largest absolute Gasteiger partial charge is 0.0921 e. The van der Waals surface area contributed by atoms with Gasteiger partial charge in [0.25, 0.3) is 0 Å². The topological polar surface area (TPSA) is 0 Å². The van der Waals surface area contributed by atoms with Crippen LogP contribution in [0.3, 0.4) is 0 Å². The van der Waals surface area contributed by atoms with Crippen LogP contribution < -0.4 is 0 Å². The standard InChI is InChI=1S/C16H16Br2/c1-12-6-2-4-8-15(12)14(11-17)10-13-7-3-5-9-16(13)18/h2-9,14H,10-11H2,1H3. The van der Waals surface area contributed by atoms with E-state index in [-0.39, 0.29) is 0 Å². The summed E-state index contributed by atoms with van der Waals surface area (Å²) < 4.78 is 1.20. The second-order valence-corrected chi connectivity index (χ2v) is 6.01. The van der Waals surface area contributed by atoms with Crippen molar-refractivity contribution in [1.82, 2.24) is 0 Å². The lowest BCUT2D eigenvalue weighted by Crippen LogP contribution is -2.06. The zero-order valence-electron chi connectivity index (χ0n) is 10.4. The van der Waals surface area contributed by atoms with Crippen LogP contribution in [0.4, 0.5) is 0 Å². The zero-order chi connectivity index (χ0) is 13.0. The Labute approximate surface area is 126 Å². The fourth-order valence-electron chi connectivity index (χ4n) is 2.22. The Morgan fingerprint density at radius 2 is 1.67 bits per heavy atom. The van der Waals surface area contributed by atoms with Crippen molar-refractivity contribution in [2.75, 3.05) is 5.33 Å². The Morgan fingerprint density at radius 3 is 2.33 bits per heavy atom. The van der Waals surface area contributed by atoms with Crippen molar-refractivity contribution in [2.24, 2.45) is 0 Å². The minimum atomic E-state index is 0.518. The molecule has 0 radical (unpaired) electrons. The van der Waals surface area contributed by atoms with Crippen LogP contribution in [-0.2, 0) is 6.42 Å². The van der Waals surface area contributed by atoms with Crippen molar-refractivity contribution in [2.45, 2.75) is 19.3 Å².